The summed E-state index contributed by atoms with van der Waals surface area (Å²) >= 11 is 0.955. The maximum Gasteiger partial charge on any atom is 0.324 e. The van der Waals surface area contributed by atoms with Crippen LogP contribution in [0.25, 0.3) is 0 Å². The first-order chi connectivity index (χ1) is 8.47. The zero-order valence-corrected chi connectivity index (χ0v) is 11.3. The number of amides is 1. The standard InChI is InChI=1S/C12H16N2O3S/c1-8-5-9(2)7-13(6-8)12(15)10-3-4-11(18-10)14(16)17/h3-4,8-9H,5-7H2,1-2H3/t8-,9-/m0/s1. The summed E-state index contributed by atoms with van der Waals surface area (Å²) in [6, 6.07) is 2.95. The summed E-state index contributed by atoms with van der Waals surface area (Å²) in [5.74, 6) is 0.909. The highest BCUT2D eigenvalue weighted by Gasteiger charge is 2.27. The van der Waals surface area contributed by atoms with Crippen LogP contribution in [0, 0.1) is 22.0 Å². The average Bonchev–Trinajstić information content (AvgIpc) is 2.75. The van der Waals surface area contributed by atoms with Crippen molar-refractivity contribution in [3.63, 3.8) is 0 Å². The van der Waals surface area contributed by atoms with Gasteiger partial charge in [0.15, 0.2) is 0 Å². The largest absolute Gasteiger partial charge is 0.337 e. The minimum absolute atomic E-state index is 0.0245. The highest BCUT2D eigenvalue weighted by molar-refractivity contribution is 7.17. The van der Waals surface area contributed by atoms with Crippen molar-refractivity contribution in [3.8, 4) is 0 Å². The Balaban J connectivity index is 2.12. The third kappa shape index (κ3) is 2.69. The van der Waals surface area contributed by atoms with Crippen LogP contribution in [0.1, 0.15) is 29.9 Å². The average molecular weight is 268 g/mol. The lowest BCUT2D eigenvalue weighted by Crippen LogP contribution is -2.42. The molecule has 0 spiro atoms. The molecule has 0 aromatic carbocycles. The van der Waals surface area contributed by atoms with Crippen LogP contribution < -0.4 is 0 Å². The number of carbonyl (C=O) groups excluding carboxylic acids is 1. The normalized spacial score (nSPS) is 24.0. The number of hydrogen-bond donors (Lipinski definition) is 0. The molecule has 0 saturated carbocycles. The van der Waals surface area contributed by atoms with Gasteiger partial charge in [-0.1, -0.05) is 25.2 Å². The van der Waals surface area contributed by atoms with Gasteiger partial charge < -0.3 is 4.90 Å². The fourth-order valence-corrected chi connectivity index (χ4v) is 3.31. The van der Waals surface area contributed by atoms with E-state index in [-0.39, 0.29) is 10.9 Å². The molecule has 6 heteroatoms. The molecule has 2 rings (SSSR count). The summed E-state index contributed by atoms with van der Waals surface area (Å²) in [6.07, 6.45) is 1.13. The van der Waals surface area contributed by atoms with Crippen LogP contribution in [-0.2, 0) is 0 Å². The molecule has 2 atom stereocenters. The Morgan fingerprint density at radius 2 is 2.00 bits per heavy atom. The fourth-order valence-electron chi connectivity index (χ4n) is 2.53. The molecule has 1 amide bonds. The van der Waals surface area contributed by atoms with Crippen molar-refractivity contribution in [2.24, 2.45) is 11.8 Å². The minimum Gasteiger partial charge on any atom is -0.337 e. The summed E-state index contributed by atoms with van der Waals surface area (Å²) in [4.78, 5) is 24.7. The van der Waals surface area contributed by atoms with Crippen molar-refractivity contribution in [2.75, 3.05) is 13.1 Å². The molecular weight excluding hydrogens is 252 g/mol. The number of nitrogens with zero attached hydrogens (tertiary/aromatic N) is 2. The first-order valence-electron chi connectivity index (χ1n) is 6.01. The van der Waals surface area contributed by atoms with Crippen LogP contribution in [0.2, 0.25) is 0 Å². The van der Waals surface area contributed by atoms with Gasteiger partial charge in [-0.05, 0) is 24.3 Å². The predicted octanol–water partition coefficient (Wildman–Crippen LogP) is 2.77. The molecular formula is C12H16N2O3S. The van der Waals surface area contributed by atoms with E-state index < -0.39 is 4.92 Å². The Labute approximate surface area is 110 Å². The number of thiophene rings is 1. The van der Waals surface area contributed by atoms with E-state index in [9.17, 15) is 14.9 Å². The van der Waals surface area contributed by atoms with Crippen LogP contribution in [0.15, 0.2) is 12.1 Å². The molecule has 1 aromatic heterocycles. The molecule has 0 unspecified atom stereocenters. The lowest BCUT2D eigenvalue weighted by atomic mass is 9.92. The second kappa shape index (κ2) is 5.06. The number of piperidine rings is 1. The first kappa shape index (κ1) is 13.0. The Hall–Kier alpha value is -1.43. The van der Waals surface area contributed by atoms with E-state index in [1.807, 2.05) is 4.90 Å². The molecule has 98 valence electrons. The summed E-state index contributed by atoms with van der Waals surface area (Å²) in [5.41, 5.74) is 0. The van der Waals surface area contributed by atoms with Crippen LogP contribution in [0.4, 0.5) is 5.00 Å². The Bertz CT molecular complexity index is 462. The Morgan fingerprint density at radius 1 is 1.39 bits per heavy atom. The van der Waals surface area contributed by atoms with Gasteiger partial charge in [0.2, 0.25) is 0 Å². The molecule has 1 aliphatic rings. The number of nitro groups is 1. The predicted molar refractivity (Wildman–Crippen MR) is 69.8 cm³/mol. The number of rotatable bonds is 2. The van der Waals surface area contributed by atoms with Crippen LogP contribution in [0.3, 0.4) is 0 Å². The lowest BCUT2D eigenvalue weighted by Gasteiger charge is -2.34. The van der Waals surface area contributed by atoms with Gasteiger partial charge in [0.1, 0.15) is 0 Å². The summed E-state index contributed by atoms with van der Waals surface area (Å²) in [7, 11) is 0. The van der Waals surface area contributed by atoms with Crippen molar-refractivity contribution in [1.29, 1.82) is 0 Å². The van der Waals surface area contributed by atoms with Crippen molar-refractivity contribution in [3.05, 3.63) is 27.1 Å². The van der Waals surface area contributed by atoms with Gasteiger partial charge in [-0.15, -0.1) is 0 Å². The highest BCUT2D eigenvalue weighted by Crippen LogP contribution is 2.28. The van der Waals surface area contributed by atoms with Crippen molar-refractivity contribution in [1.82, 2.24) is 4.90 Å². The van der Waals surface area contributed by atoms with E-state index in [0.29, 0.717) is 16.7 Å². The molecule has 5 nitrogen and oxygen atoms in total. The van der Waals surface area contributed by atoms with Gasteiger partial charge >= 0.3 is 5.00 Å². The maximum absolute atomic E-state index is 12.2. The summed E-state index contributed by atoms with van der Waals surface area (Å²) < 4.78 is 0. The number of carbonyl (C=O) groups is 1. The smallest absolute Gasteiger partial charge is 0.324 e. The van der Waals surface area contributed by atoms with Crippen molar-refractivity contribution in [2.45, 2.75) is 20.3 Å². The molecule has 2 heterocycles. The van der Waals surface area contributed by atoms with Crippen molar-refractivity contribution >= 4 is 22.2 Å². The lowest BCUT2D eigenvalue weighted by molar-refractivity contribution is -0.380. The monoisotopic (exact) mass is 268 g/mol. The quantitative estimate of drug-likeness (QED) is 0.612. The molecule has 18 heavy (non-hydrogen) atoms. The van der Waals surface area contributed by atoms with Gasteiger partial charge in [-0.25, -0.2) is 0 Å². The number of likely N-dealkylation sites (tertiary alicyclic amines) is 1. The Morgan fingerprint density at radius 3 is 2.50 bits per heavy atom. The zero-order chi connectivity index (χ0) is 13.3. The molecule has 0 aliphatic carbocycles. The number of hydrogen-bond acceptors (Lipinski definition) is 4. The highest BCUT2D eigenvalue weighted by atomic mass is 32.1. The van der Waals surface area contributed by atoms with Gasteiger partial charge in [0.25, 0.3) is 5.91 Å². The second-order valence-electron chi connectivity index (χ2n) is 5.05. The molecule has 0 bridgehead atoms. The summed E-state index contributed by atoms with van der Waals surface area (Å²) in [5, 5.41) is 10.6. The third-order valence-electron chi connectivity index (χ3n) is 3.14. The van der Waals surface area contributed by atoms with E-state index in [4.69, 9.17) is 0 Å². The van der Waals surface area contributed by atoms with Gasteiger partial charge in [0, 0.05) is 19.2 Å². The first-order valence-corrected chi connectivity index (χ1v) is 6.82. The van der Waals surface area contributed by atoms with Gasteiger partial charge in [-0.3, -0.25) is 14.9 Å². The van der Waals surface area contributed by atoms with E-state index in [1.54, 1.807) is 6.07 Å². The SMILES string of the molecule is C[C@H]1C[C@H](C)CN(C(=O)c2ccc([N+](=O)[O-])s2)C1. The van der Waals surface area contributed by atoms with E-state index in [2.05, 4.69) is 13.8 Å². The van der Waals surface area contributed by atoms with Gasteiger partial charge in [-0.2, -0.15) is 0 Å². The molecule has 0 radical (unpaired) electrons. The molecule has 1 aliphatic heterocycles. The molecule has 1 aromatic rings. The van der Waals surface area contributed by atoms with Crippen LogP contribution in [0.5, 0.6) is 0 Å². The molecule has 1 saturated heterocycles. The second-order valence-corrected chi connectivity index (χ2v) is 6.11. The van der Waals surface area contributed by atoms with Gasteiger partial charge in [0.05, 0.1) is 9.80 Å². The van der Waals surface area contributed by atoms with E-state index >= 15 is 0 Å². The van der Waals surface area contributed by atoms with Crippen LogP contribution >= 0.6 is 11.3 Å². The van der Waals surface area contributed by atoms with E-state index in [0.717, 1.165) is 30.8 Å². The van der Waals surface area contributed by atoms with Crippen molar-refractivity contribution < 1.29 is 9.72 Å². The molecule has 1 fully saturated rings. The van der Waals surface area contributed by atoms with Crippen LogP contribution in [-0.4, -0.2) is 28.8 Å². The maximum atomic E-state index is 12.2. The topological polar surface area (TPSA) is 63.5 Å². The zero-order valence-electron chi connectivity index (χ0n) is 10.5. The minimum atomic E-state index is -0.455. The van der Waals surface area contributed by atoms with E-state index in [1.165, 1.54) is 6.07 Å². The summed E-state index contributed by atoms with van der Waals surface area (Å²) in [6.45, 7) is 5.75. The molecule has 0 N–H and O–H groups in total. The Kier molecular flexibility index (Phi) is 3.65. The third-order valence-corrected chi connectivity index (χ3v) is 4.16. The fraction of sp³-hybridized carbons (Fsp3) is 0.583.